The number of tetrazole rings is 1. The number of nitrogens with one attached hydrogen (secondary N) is 1. The molecule has 1 aromatic carbocycles. The molecule has 0 amide bonds. The number of unbranched alkanes of at least 4 members (excludes halogenated alkanes) is 4. The number of nitrogens with zero attached hydrogens (tertiary/aromatic N) is 4. The summed E-state index contributed by atoms with van der Waals surface area (Å²) in [4.78, 5) is 13.0. The van der Waals surface area contributed by atoms with E-state index in [1.165, 1.54) is 22.9 Å². The molecule has 1 aromatic heterocycles. The van der Waals surface area contributed by atoms with Crippen molar-refractivity contribution in [2.45, 2.75) is 58.6 Å². The maximum Gasteiger partial charge on any atom is 0.387 e. The van der Waals surface area contributed by atoms with Gasteiger partial charge in [-0.05, 0) is 42.0 Å². The van der Waals surface area contributed by atoms with Crippen molar-refractivity contribution < 1.29 is 23.0 Å². The number of fused-ring (bicyclic) bond motifs is 1. The Labute approximate surface area is 183 Å². The van der Waals surface area contributed by atoms with Crippen LogP contribution < -0.4 is 10.1 Å². The second-order valence-electron chi connectivity index (χ2n) is 7.12. The molecule has 1 aliphatic heterocycles. The average Bonchev–Trinajstić information content (AvgIpc) is 3.18. The van der Waals surface area contributed by atoms with Crippen LogP contribution in [0.4, 0.5) is 14.7 Å². The molecule has 0 saturated heterocycles. The number of esters is 1. The number of carbonyl (C=O) groups excluding carboxylic acids is 1. The van der Waals surface area contributed by atoms with Crippen LogP contribution in [0.25, 0.3) is 0 Å². The number of allylic oxidation sites excluding steroid dienone is 1. The zero-order chi connectivity index (χ0) is 22.4. The second-order valence-corrected chi connectivity index (χ2v) is 7.56. The zero-order valence-electron chi connectivity index (χ0n) is 17.3. The van der Waals surface area contributed by atoms with Crippen LogP contribution in [0.3, 0.4) is 0 Å². The van der Waals surface area contributed by atoms with Crippen LogP contribution >= 0.6 is 11.6 Å². The minimum atomic E-state index is -3.06. The van der Waals surface area contributed by atoms with Crippen molar-refractivity contribution in [2.75, 3.05) is 11.9 Å². The van der Waals surface area contributed by atoms with E-state index in [1.807, 2.05) is 0 Å². The summed E-state index contributed by atoms with van der Waals surface area (Å²) in [5.41, 5.74) is 0.859. The van der Waals surface area contributed by atoms with Gasteiger partial charge >= 0.3 is 12.6 Å². The number of benzene rings is 1. The molecule has 3 rings (SSSR count). The smallest absolute Gasteiger partial charge is 0.387 e. The molecule has 0 aliphatic carbocycles. The Morgan fingerprint density at radius 1 is 1.29 bits per heavy atom. The third-order valence-corrected chi connectivity index (χ3v) is 5.13. The number of anilines is 1. The molecule has 1 atom stereocenters. The Hall–Kier alpha value is -2.75. The molecule has 1 N–H and O–H groups in total. The molecule has 0 radical (unpaired) electrons. The molecule has 2 heterocycles. The summed E-state index contributed by atoms with van der Waals surface area (Å²) in [5, 5.41) is 14.7. The molecular weight excluding hydrogens is 432 g/mol. The fraction of sp³-hybridized carbons (Fsp3) is 0.500. The number of hydrogen-bond acceptors (Lipinski definition) is 7. The largest absolute Gasteiger partial charge is 0.462 e. The molecule has 0 spiro atoms. The molecular formula is C20H24ClF2N5O3. The van der Waals surface area contributed by atoms with Gasteiger partial charge in [0.05, 0.1) is 12.2 Å². The van der Waals surface area contributed by atoms with Gasteiger partial charge < -0.3 is 14.8 Å². The van der Waals surface area contributed by atoms with Crippen molar-refractivity contribution in [3.05, 3.63) is 40.1 Å². The standard InChI is InChI=1S/C20H24ClF2N5O3/c1-3-4-5-6-7-10-30-18(29)16-12(2)24-20-25-26-27-28(20)17(16)14-11-13(21)8-9-15(14)31-19(22)23/h8-9,11,17,19H,3-7,10H2,1-2H3,(H,24,25,27)/t17-/m0/s1. The maximum absolute atomic E-state index is 13.0. The van der Waals surface area contributed by atoms with Crippen LogP contribution in [0.15, 0.2) is 29.5 Å². The maximum atomic E-state index is 13.0. The second kappa shape index (κ2) is 10.5. The number of rotatable bonds is 10. The van der Waals surface area contributed by atoms with Gasteiger partial charge in [0.2, 0.25) is 5.95 Å². The highest BCUT2D eigenvalue weighted by Crippen LogP contribution is 2.40. The first kappa shape index (κ1) is 22.9. The Morgan fingerprint density at radius 3 is 2.81 bits per heavy atom. The molecule has 0 unspecified atom stereocenters. The van der Waals surface area contributed by atoms with E-state index in [4.69, 9.17) is 16.3 Å². The third kappa shape index (κ3) is 5.49. The number of alkyl halides is 2. The van der Waals surface area contributed by atoms with E-state index in [0.29, 0.717) is 5.70 Å². The minimum absolute atomic E-state index is 0.134. The highest BCUT2D eigenvalue weighted by molar-refractivity contribution is 6.30. The van der Waals surface area contributed by atoms with E-state index >= 15 is 0 Å². The Morgan fingerprint density at radius 2 is 2.06 bits per heavy atom. The van der Waals surface area contributed by atoms with E-state index in [0.717, 1.165) is 32.1 Å². The quantitative estimate of drug-likeness (QED) is 0.409. The lowest BCUT2D eigenvalue weighted by Crippen LogP contribution is -2.30. The SMILES string of the molecule is CCCCCCCOC(=O)C1=C(C)Nc2nnnn2[C@H]1c1cc(Cl)ccc1OC(F)F. The molecule has 1 aliphatic rings. The Balaban J connectivity index is 1.91. The minimum Gasteiger partial charge on any atom is -0.462 e. The fourth-order valence-corrected chi connectivity index (χ4v) is 3.63. The van der Waals surface area contributed by atoms with Gasteiger partial charge in [0.25, 0.3) is 0 Å². The number of aromatic nitrogens is 4. The molecule has 8 nitrogen and oxygen atoms in total. The van der Waals surface area contributed by atoms with Crippen LogP contribution in [0.2, 0.25) is 5.02 Å². The van der Waals surface area contributed by atoms with E-state index in [-0.39, 0.29) is 34.5 Å². The Kier molecular flexibility index (Phi) is 7.78. The van der Waals surface area contributed by atoms with Crippen LogP contribution in [0.1, 0.15) is 57.6 Å². The van der Waals surface area contributed by atoms with Crippen molar-refractivity contribution in [1.82, 2.24) is 20.2 Å². The van der Waals surface area contributed by atoms with Gasteiger partial charge in [-0.15, -0.1) is 0 Å². The van der Waals surface area contributed by atoms with Gasteiger partial charge in [-0.3, -0.25) is 0 Å². The molecule has 2 aromatic rings. The summed E-state index contributed by atoms with van der Waals surface area (Å²) < 4.78 is 37.5. The van der Waals surface area contributed by atoms with Crippen LogP contribution in [-0.2, 0) is 9.53 Å². The fourth-order valence-electron chi connectivity index (χ4n) is 3.45. The highest BCUT2D eigenvalue weighted by Gasteiger charge is 2.37. The molecule has 0 saturated carbocycles. The number of carbonyl (C=O) groups is 1. The zero-order valence-corrected chi connectivity index (χ0v) is 18.0. The Bertz CT molecular complexity index is 951. The monoisotopic (exact) mass is 455 g/mol. The van der Waals surface area contributed by atoms with Gasteiger partial charge in [0, 0.05) is 16.3 Å². The third-order valence-electron chi connectivity index (χ3n) is 4.90. The lowest BCUT2D eigenvalue weighted by molar-refractivity contribution is -0.139. The number of hydrogen-bond donors (Lipinski definition) is 1. The van der Waals surface area contributed by atoms with Crippen LogP contribution in [-0.4, -0.2) is 39.4 Å². The summed E-state index contributed by atoms with van der Waals surface area (Å²) >= 11 is 6.13. The van der Waals surface area contributed by atoms with E-state index in [2.05, 4.69) is 32.5 Å². The lowest BCUT2D eigenvalue weighted by Gasteiger charge is -2.28. The predicted octanol–water partition coefficient (Wildman–Crippen LogP) is 4.73. The molecule has 11 heteroatoms. The van der Waals surface area contributed by atoms with E-state index in [9.17, 15) is 13.6 Å². The molecule has 0 bridgehead atoms. The lowest BCUT2D eigenvalue weighted by atomic mass is 9.95. The normalized spacial score (nSPS) is 15.6. The first-order valence-corrected chi connectivity index (χ1v) is 10.5. The van der Waals surface area contributed by atoms with E-state index < -0.39 is 18.6 Å². The molecule has 0 fully saturated rings. The number of halogens is 3. The van der Waals surface area contributed by atoms with Gasteiger partial charge in [-0.1, -0.05) is 49.3 Å². The first-order valence-electron chi connectivity index (χ1n) is 10.1. The highest BCUT2D eigenvalue weighted by atomic mass is 35.5. The van der Waals surface area contributed by atoms with Crippen molar-refractivity contribution in [2.24, 2.45) is 0 Å². The van der Waals surface area contributed by atoms with Gasteiger partial charge in [-0.25, -0.2) is 4.79 Å². The van der Waals surface area contributed by atoms with Gasteiger partial charge in [0.15, 0.2) is 0 Å². The predicted molar refractivity (Wildman–Crippen MR) is 110 cm³/mol. The summed E-state index contributed by atoms with van der Waals surface area (Å²) in [6.07, 6.45) is 5.02. The van der Waals surface area contributed by atoms with E-state index in [1.54, 1.807) is 6.92 Å². The summed E-state index contributed by atoms with van der Waals surface area (Å²) in [6.45, 7) is 0.991. The topological polar surface area (TPSA) is 91.2 Å². The van der Waals surface area contributed by atoms with Crippen molar-refractivity contribution in [3.63, 3.8) is 0 Å². The van der Waals surface area contributed by atoms with Gasteiger partial charge in [0.1, 0.15) is 11.8 Å². The van der Waals surface area contributed by atoms with Crippen LogP contribution in [0, 0.1) is 0 Å². The average molecular weight is 456 g/mol. The summed E-state index contributed by atoms with van der Waals surface area (Å²) in [6, 6.07) is 3.25. The van der Waals surface area contributed by atoms with Crippen molar-refractivity contribution in [3.8, 4) is 5.75 Å². The van der Waals surface area contributed by atoms with Crippen molar-refractivity contribution in [1.29, 1.82) is 0 Å². The summed E-state index contributed by atoms with van der Waals surface area (Å²) in [7, 11) is 0. The van der Waals surface area contributed by atoms with Crippen molar-refractivity contribution >= 4 is 23.5 Å². The molecule has 31 heavy (non-hydrogen) atoms. The van der Waals surface area contributed by atoms with Gasteiger partial charge in [-0.2, -0.15) is 13.5 Å². The first-order chi connectivity index (χ1) is 14.9. The molecule has 168 valence electrons. The number of ether oxygens (including phenoxy) is 2. The van der Waals surface area contributed by atoms with Crippen LogP contribution in [0.5, 0.6) is 5.75 Å². The summed E-state index contributed by atoms with van der Waals surface area (Å²) in [5.74, 6) is -0.471.